The van der Waals surface area contributed by atoms with Crippen molar-refractivity contribution in [2.45, 2.75) is 39.0 Å². The maximum atomic E-state index is 6.37. The Hall–Kier alpha value is -1.28. The molecule has 1 unspecified atom stereocenters. The van der Waals surface area contributed by atoms with Crippen LogP contribution >= 0.6 is 11.6 Å². The lowest BCUT2D eigenvalue weighted by Crippen LogP contribution is -2.17. The largest absolute Gasteiger partial charge is 0.398 e. The molecule has 0 amide bonds. The van der Waals surface area contributed by atoms with Crippen molar-refractivity contribution in [3.05, 3.63) is 34.5 Å². The number of fused-ring (bicyclic) bond motifs is 2. The smallest absolute Gasteiger partial charge is 0.0727 e. The third-order valence-electron chi connectivity index (χ3n) is 4.16. The van der Waals surface area contributed by atoms with Crippen molar-refractivity contribution in [3.63, 3.8) is 0 Å². The second-order valence-electron chi connectivity index (χ2n) is 5.51. The summed E-state index contributed by atoms with van der Waals surface area (Å²) in [6, 6.07) is 5.78. The summed E-state index contributed by atoms with van der Waals surface area (Å²) >= 11 is 6.07. The molecule has 0 aliphatic heterocycles. The SMILES string of the molecule is CCCC1CCc2nc3ccc(Cl)cc3c(N)c2C1. The molecule has 0 radical (unpaired) electrons. The summed E-state index contributed by atoms with van der Waals surface area (Å²) in [5.74, 6) is 0.762. The van der Waals surface area contributed by atoms with Crippen molar-refractivity contribution in [1.29, 1.82) is 0 Å². The van der Waals surface area contributed by atoms with Crippen LogP contribution in [0, 0.1) is 5.92 Å². The zero-order valence-electron chi connectivity index (χ0n) is 11.2. The van der Waals surface area contributed by atoms with E-state index in [1.807, 2.05) is 18.2 Å². The molecule has 0 bridgehead atoms. The number of benzene rings is 1. The minimum absolute atomic E-state index is 0.724. The molecule has 1 aromatic heterocycles. The molecule has 1 aliphatic rings. The van der Waals surface area contributed by atoms with Crippen molar-refractivity contribution < 1.29 is 0 Å². The molecule has 2 nitrogen and oxygen atoms in total. The fourth-order valence-electron chi connectivity index (χ4n) is 3.17. The van der Waals surface area contributed by atoms with E-state index in [2.05, 4.69) is 6.92 Å². The number of rotatable bonds is 2. The van der Waals surface area contributed by atoms with Gasteiger partial charge in [-0.3, -0.25) is 4.98 Å². The van der Waals surface area contributed by atoms with Crippen LogP contribution in [0.4, 0.5) is 5.69 Å². The number of aryl methyl sites for hydroxylation is 1. The van der Waals surface area contributed by atoms with Gasteiger partial charge in [-0.1, -0.05) is 31.4 Å². The molecule has 1 aliphatic carbocycles. The molecule has 3 rings (SSSR count). The Balaban J connectivity index is 2.10. The third kappa shape index (κ3) is 2.30. The average molecular weight is 275 g/mol. The minimum Gasteiger partial charge on any atom is -0.398 e. The van der Waals surface area contributed by atoms with E-state index < -0.39 is 0 Å². The van der Waals surface area contributed by atoms with E-state index in [4.69, 9.17) is 22.3 Å². The molecule has 1 heterocycles. The molecule has 19 heavy (non-hydrogen) atoms. The highest BCUT2D eigenvalue weighted by atomic mass is 35.5. The molecule has 3 heteroatoms. The highest BCUT2D eigenvalue weighted by molar-refractivity contribution is 6.31. The molecule has 0 spiro atoms. The van der Waals surface area contributed by atoms with Gasteiger partial charge in [-0.25, -0.2) is 0 Å². The van der Waals surface area contributed by atoms with Crippen LogP contribution in [0.1, 0.15) is 37.4 Å². The first-order valence-corrected chi connectivity index (χ1v) is 7.43. The standard InChI is InChI=1S/C16H19ClN2/c1-2-3-10-4-6-14-12(8-10)16(18)13-9-11(17)5-7-15(13)19-14/h5,7,9-10H,2-4,6,8H2,1H3,(H2,18,19). The van der Waals surface area contributed by atoms with Crippen molar-refractivity contribution in [3.8, 4) is 0 Å². The summed E-state index contributed by atoms with van der Waals surface area (Å²) in [6.07, 6.45) is 5.90. The molecule has 0 saturated heterocycles. The molecule has 1 aromatic carbocycles. The number of hydrogen-bond donors (Lipinski definition) is 1. The van der Waals surface area contributed by atoms with Gasteiger partial charge >= 0.3 is 0 Å². The lowest BCUT2D eigenvalue weighted by molar-refractivity contribution is 0.420. The summed E-state index contributed by atoms with van der Waals surface area (Å²) in [6.45, 7) is 2.25. The van der Waals surface area contributed by atoms with E-state index in [-0.39, 0.29) is 0 Å². The van der Waals surface area contributed by atoms with Crippen LogP contribution in [0.5, 0.6) is 0 Å². The average Bonchev–Trinajstić information content (AvgIpc) is 2.41. The van der Waals surface area contributed by atoms with E-state index in [0.29, 0.717) is 0 Å². The molecule has 2 N–H and O–H groups in total. The lowest BCUT2D eigenvalue weighted by Gasteiger charge is -2.25. The molecule has 0 fully saturated rings. The molecule has 100 valence electrons. The third-order valence-corrected chi connectivity index (χ3v) is 4.39. The first-order valence-electron chi connectivity index (χ1n) is 7.05. The highest BCUT2D eigenvalue weighted by Crippen LogP contribution is 2.35. The van der Waals surface area contributed by atoms with Gasteiger partial charge in [-0.2, -0.15) is 0 Å². The monoisotopic (exact) mass is 274 g/mol. The summed E-state index contributed by atoms with van der Waals surface area (Å²) in [5, 5.41) is 1.73. The first-order chi connectivity index (χ1) is 9.19. The van der Waals surface area contributed by atoms with Gasteiger partial charge in [0.15, 0.2) is 0 Å². The molecule has 1 atom stereocenters. The van der Waals surface area contributed by atoms with Gasteiger partial charge in [0.2, 0.25) is 0 Å². The normalized spacial score (nSPS) is 18.5. The molecule has 0 saturated carbocycles. The highest BCUT2D eigenvalue weighted by Gasteiger charge is 2.22. The predicted octanol–water partition coefficient (Wildman–Crippen LogP) is 4.38. The van der Waals surface area contributed by atoms with Crippen LogP contribution in [-0.2, 0) is 12.8 Å². The van der Waals surface area contributed by atoms with Gasteiger partial charge in [-0.15, -0.1) is 0 Å². The predicted molar refractivity (Wildman–Crippen MR) is 81.6 cm³/mol. The van der Waals surface area contributed by atoms with E-state index in [0.717, 1.165) is 40.4 Å². The lowest BCUT2D eigenvalue weighted by atomic mass is 9.82. The second kappa shape index (κ2) is 5.01. The van der Waals surface area contributed by atoms with Crippen LogP contribution in [0.25, 0.3) is 10.9 Å². The van der Waals surface area contributed by atoms with E-state index in [1.54, 1.807) is 0 Å². The van der Waals surface area contributed by atoms with Gasteiger partial charge < -0.3 is 5.73 Å². The maximum absolute atomic E-state index is 6.37. The van der Waals surface area contributed by atoms with Crippen molar-refractivity contribution in [2.75, 3.05) is 5.73 Å². The first kappa shape index (κ1) is 12.7. The van der Waals surface area contributed by atoms with Gasteiger partial charge in [0.1, 0.15) is 0 Å². The fraction of sp³-hybridized carbons (Fsp3) is 0.438. The number of nitrogens with two attached hydrogens (primary N) is 1. The maximum Gasteiger partial charge on any atom is 0.0727 e. The number of hydrogen-bond acceptors (Lipinski definition) is 2. The van der Waals surface area contributed by atoms with Gasteiger partial charge in [0.25, 0.3) is 0 Å². The number of anilines is 1. The fourth-order valence-corrected chi connectivity index (χ4v) is 3.35. The summed E-state index contributed by atoms with van der Waals surface area (Å²) in [4.78, 5) is 4.77. The van der Waals surface area contributed by atoms with Crippen LogP contribution in [0.2, 0.25) is 5.02 Å². The summed E-state index contributed by atoms with van der Waals surface area (Å²) in [5.41, 5.74) is 10.7. The number of nitrogens with zero attached hydrogens (tertiary/aromatic N) is 1. The second-order valence-corrected chi connectivity index (χ2v) is 5.95. The zero-order valence-corrected chi connectivity index (χ0v) is 12.0. The number of halogens is 1. The number of nitrogen functional groups attached to an aromatic ring is 1. The van der Waals surface area contributed by atoms with Crippen LogP contribution in [0.3, 0.4) is 0 Å². The minimum atomic E-state index is 0.724. The Kier molecular flexibility index (Phi) is 3.36. The van der Waals surface area contributed by atoms with Crippen molar-refractivity contribution >= 4 is 28.2 Å². The van der Waals surface area contributed by atoms with Gasteiger partial charge in [-0.05, 0) is 48.9 Å². The Morgan fingerprint density at radius 1 is 1.42 bits per heavy atom. The quantitative estimate of drug-likeness (QED) is 0.883. The Labute approximate surface area is 119 Å². The number of aromatic nitrogens is 1. The van der Waals surface area contributed by atoms with Gasteiger partial charge in [0, 0.05) is 21.8 Å². The topological polar surface area (TPSA) is 38.9 Å². The van der Waals surface area contributed by atoms with E-state index in [1.165, 1.54) is 30.5 Å². The summed E-state index contributed by atoms with van der Waals surface area (Å²) in [7, 11) is 0. The Bertz CT molecular complexity index is 622. The Morgan fingerprint density at radius 3 is 3.05 bits per heavy atom. The van der Waals surface area contributed by atoms with Crippen LogP contribution in [-0.4, -0.2) is 4.98 Å². The summed E-state index contributed by atoms with van der Waals surface area (Å²) < 4.78 is 0. The van der Waals surface area contributed by atoms with Crippen molar-refractivity contribution in [1.82, 2.24) is 4.98 Å². The van der Waals surface area contributed by atoms with E-state index in [9.17, 15) is 0 Å². The molecular formula is C16H19ClN2. The van der Waals surface area contributed by atoms with Crippen LogP contribution < -0.4 is 5.73 Å². The van der Waals surface area contributed by atoms with Crippen LogP contribution in [0.15, 0.2) is 18.2 Å². The number of pyridine rings is 1. The molecule has 2 aromatic rings. The molecular weight excluding hydrogens is 256 g/mol. The van der Waals surface area contributed by atoms with Crippen molar-refractivity contribution in [2.24, 2.45) is 5.92 Å². The zero-order chi connectivity index (χ0) is 13.4. The van der Waals surface area contributed by atoms with Gasteiger partial charge in [0.05, 0.1) is 5.52 Å². The van der Waals surface area contributed by atoms with E-state index >= 15 is 0 Å². The Morgan fingerprint density at radius 2 is 2.26 bits per heavy atom.